The van der Waals surface area contributed by atoms with Gasteiger partial charge in [-0.25, -0.2) is 4.98 Å². The Hall–Kier alpha value is -3.69. The van der Waals surface area contributed by atoms with E-state index in [2.05, 4.69) is 30.4 Å². The summed E-state index contributed by atoms with van der Waals surface area (Å²) in [4.78, 5) is 23.2. The molecule has 9 heteroatoms. The normalized spacial score (nSPS) is 11.9. The predicted molar refractivity (Wildman–Crippen MR) is 128 cm³/mol. The Morgan fingerprint density at radius 2 is 1.88 bits per heavy atom. The average molecular weight is 461 g/mol. The number of amides is 1. The minimum absolute atomic E-state index is 0.180. The molecule has 3 heterocycles. The number of rotatable bonds is 8. The van der Waals surface area contributed by atoms with Gasteiger partial charge in [0.05, 0.1) is 5.56 Å². The van der Waals surface area contributed by atoms with Gasteiger partial charge in [-0.2, -0.15) is 0 Å². The molecule has 8 nitrogen and oxygen atoms in total. The highest BCUT2D eigenvalue weighted by Gasteiger charge is 2.18. The first-order valence-corrected chi connectivity index (χ1v) is 11.2. The van der Waals surface area contributed by atoms with Crippen LogP contribution in [-0.4, -0.2) is 51.6 Å². The smallest absolute Gasteiger partial charge is 0.259 e. The largest absolute Gasteiger partial charge is 0.468 e. The molecule has 0 saturated carbocycles. The Bertz CT molecular complexity index is 1210. The van der Waals surface area contributed by atoms with Gasteiger partial charge < -0.3 is 9.64 Å². The van der Waals surface area contributed by atoms with Gasteiger partial charge in [-0.1, -0.05) is 41.7 Å². The number of carbonyl (C=O) groups is 1. The third-order valence-electron chi connectivity index (χ3n) is 4.82. The molecule has 0 unspecified atom stereocenters. The minimum atomic E-state index is -0.303. The first-order valence-electron chi connectivity index (χ1n) is 10.4. The Morgan fingerprint density at radius 3 is 2.58 bits per heavy atom. The van der Waals surface area contributed by atoms with Crippen LogP contribution in [0, 0.1) is 6.92 Å². The molecule has 0 aliphatic rings. The zero-order valence-electron chi connectivity index (χ0n) is 18.6. The van der Waals surface area contributed by atoms with Crippen molar-refractivity contribution in [1.29, 1.82) is 0 Å². The molecule has 0 fully saturated rings. The summed E-state index contributed by atoms with van der Waals surface area (Å²) >= 11 is 1.30. The standard InChI is InChI=1S/C24H24N6O2S/c1-16-13-19(21(31)27-24-29-28-23(33-24)18-9-11-25-12-10-18)14-26-22(16)32-20(15-30(2)3)17-7-5-4-6-8-17/h4-14,20H,15H2,1-3H3,(H,27,29,31)/t20-/m0/s1. The van der Waals surface area contributed by atoms with Crippen molar-refractivity contribution in [2.45, 2.75) is 13.0 Å². The molecular weight excluding hydrogens is 436 g/mol. The number of carbonyl (C=O) groups excluding carboxylic acids is 1. The average Bonchev–Trinajstić information content (AvgIpc) is 3.29. The van der Waals surface area contributed by atoms with E-state index < -0.39 is 0 Å². The zero-order chi connectivity index (χ0) is 23.2. The lowest BCUT2D eigenvalue weighted by molar-refractivity contribution is 0.102. The second-order valence-electron chi connectivity index (χ2n) is 7.73. The van der Waals surface area contributed by atoms with Gasteiger partial charge in [-0.05, 0) is 44.8 Å². The molecule has 0 bridgehead atoms. The van der Waals surface area contributed by atoms with E-state index in [0.29, 0.717) is 28.1 Å². The number of anilines is 1. The lowest BCUT2D eigenvalue weighted by atomic mass is 10.1. The van der Waals surface area contributed by atoms with E-state index in [-0.39, 0.29) is 12.0 Å². The van der Waals surface area contributed by atoms with Crippen molar-refractivity contribution in [3.63, 3.8) is 0 Å². The van der Waals surface area contributed by atoms with Crippen LogP contribution in [0.3, 0.4) is 0 Å². The van der Waals surface area contributed by atoms with Gasteiger partial charge in [-0.15, -0.1) is 10.2 Å². The van der Waals surface area contributed by atoms with Crippen molar-refractivity contribution in [3.05, 3.63) is 83.8 Å². The van der Waals surface area contributed by atoms with E-state index in [1.54, 1.807) is 18.5 Å². The molecular formula is C24H24N6O2S. The van der Waals surface area contributed by atoms with Crippen molar-refractivity contribution in [2.24, 2.45) is 0 Å². The van der Waals surface area contributed by atoms with Gasteiger partial charge in [-0.3, -0.25) is 15.1 Å². The fourth-order valence-electron chi connectivity index (χ4n) is 3.21. The summed E-state index contributed by atoms with van der Waals surface area (Å²) in [5.41, 5.74) is 3.16. The van der Waals surface area contributed by atoms with Crippen LogP contribution in [-0.2, 0) is 0 Å². The Labute approximate surface area is 196 Å². The first kappa shape index (κ1) is 22.5. The lowest BCUT2D eigenvalue weighted by Gasteiger charge is -2.23. The van der Waals surface area contributed by atoms with Crippen LogP contribution in [0.2, 0.25) is 0 Å². The van der Waals surface area contributed by atoms with Crippen LogP contribution in [0.4, 0.5) is 5.13 Å². The molecule has 0 spiro atoms. The van der Waals surface area contributed by atoms with Crippen LogP contribution < -0.4 is 10.1 Å². The SMILES string of the molecule is Cc1cc(C(=O)Nc2nnc(-c3ccncc3)s2)cnc1O[C@@H](CN(C)C)c1ccccc1. The summed E-state index contributed by atoms with van der Waals surface area (Å²) in [5, 5.41) is 12.1. The number of ether oxygens (including phenoxy) is 1. The third-order valence-corrected chi connectivity index (χ3v) is 5.71. The number of hydrogen-bond donors (Lipinski definition) is 1. The van der Waals surface area contributed by atoms with Crippen LogP contribution in [0.15, 0.2) is 67.1 Å². The molecule has 1 atom stereocenters. The number of nitrogens with one attached hydrogen (secondary N) is 1. The van der Waals surface area contributed by atoms with Crippen LogP contribution in [0.5, 0.6) is 5.88 Å². The van der Waals surface area contributed by atoms with Gasteiger partial charge in [0.1, 0.15) is 11.1 Å². The van der Waals surface area contributed by atoms with E-state index in [1.807, 2.05) is 63.5 Å². The summed E-state index contributed by atoms with van der Waals surface area (Å²) in [6.07, 6.45) is 4.71. The van der Waals surface area contributed by atoms with Crippen LogP contribution in [0.25, 0.3) is 10.6 Å². The Morgan fingerprint density at radius 1 is 1.12 bits per heavy atom. The minimum Gasteiger partial charge on any atom is -0.468 e. The summed E-state index contributed by atoms with van der Waals surface area (Å²) in [6, 6.07) is 15.5. The first-order chi connectivity index (χ1) is 16.0. The van der Waals surface area contributed by atoms with E-state index in [9.17, 15) is 4.79 Å². The summed E-state index contributed by atoms with van der Waals surface area (Å²) in [5.74, 6) is 0.195. The molecule has 3 aromatic heterocycles. The molecule has 33 heavy (non-hydrogen) atoms. The Balaban J connectivity index is 1.46. The highest BCUT2D eigenvalue weighted by Crippen LogP contribution is 2.27. The fourth-order valence-corrected chi connectivity index (χ4v) is 3.95. The molecule has 168 valence electrons. The van der Waals surface area contributed by atoms with Crippen molar-refractivity contribution < 1.29 is 9.53 Å². The summed E-state index contributed by atoms with van der Waals surface area (Å²) in [6.45, 7) is 2.58. The molecule has 0 aliphatic carbocycles. The maximum atomic E-state index is 12.7. The zero-order valence-corrected chi connectivity index (χ0v) is 19.4. The second-order valence-corrected chi connectivity index (χ2v) is 8.71. The number of pyridine rings is 2. The molecule has 1 aromatic carbocycles. The number of benzene rings is 1. The van der Waals surface area contributed by atoms with Crippen molar-refractivity contribution in [2.75, 3.05) is 26.0 Å². The molecule has 1 N–H and O–H groups in total. The van der Waals surface area contributed by atoms with E-state index in [1.165, 1.54) is 17.5 Å². The number of aromatic nitrogens is 4. The van der Waals surface area contributed by atoms with Crippen molar-refractivity contribution in [1.82, 2.24) is 25.1 Å². The predicted octanol–water partition coefficient (Wildman–Crippen LogP) is 4.24. The fraction of sp³-hybridized carbons (Fsp3) is 0.208. The quantitative estimate of drug-likeness (QED) is 0.420. The van der Waals surface area contributed by atoms with E-state index in [0.717, 1.165) is 16.7 Å². The van der Waals surface area contributed by atoms with Gasteiger partial charge in [0.25, 0.3) is 5.91 Å². The van der Waals surface area contributed by atoms with E-state index >= 15 is 0 Å². The van der Waals surface area contributed by atoms with Crippen molar-refractivity contribution in [3.8, 4) is 16.5 Å². The number of aryl methyl sites for hydroxylation is 1. The summed E-state index contributed by atoms with van der Waals surface area (Å²) < 4.78 is 6.24. The third kappa shape index (κ3) is 5.76. The van der Waals surface area contributed by atoms with Gasteiger partial charge >= 0.3 is 0 Å². The summed E-state index contributed by atoms with van der Waals surface area (Å²) in [7, 11) is 4.00. The molecule has 1 amide bonds. The molecule has 4 rings (SSSR count). The Kier molecular flexibility index (Phi) is 7.01. The topological polar surface area (TPSA) is 93.1 Å². The number of hydrogen-bond acceptors (Lipinski definition) is 8. The van der Waals surface area contributed by atoms with Crippen molar-refractivity contribution >= 4 is 22.4 Å². The molecule has 4 aromatic rings. The molecule has 0 saturated heterocycles. The highest BCUT2D eigenvalue weighted by molar-refractivity contribution is 7.18. The maximum absolute atomic E-state index is 12.7. The van der Waals surface area contributed by atoms with Gasteiger partial charge in [0, 0.05) is 36.3 Å². The van der Waals surface area contributed by atoms with Crippen LogP contribution >= 0.6 is 11.3 Å². The van der Waals surface area contributed by atoms with Gasteiger partial charge in [0.15, 0.2) is 0 Å². The highest BCUT2D eigenvalue weighted by atomic mass is 32.1. The van der Waals surface area contributed by atoms with E-state index in [4.69, 9.17) is 4.74 Å². The monoisotopic (exact) mass is 460 g/mol. The van der Waals surface area contributed by atoms with Crippen LogP contribution in [0.1, 0.15) is 27.6 Å². The number of nitrogens with zero attached hydrogens (tertiary/aromatic N) is 5. The molecule has 0 radical (unpaired) electrons. The molecule has 0 aliphatic heterocycles. The van der Waals surface area contributed by atoms with Gasteiger partial charge in [0.2, 0.25) is 11.0 Å². The maximum Gasteiger partial charge on any atom is 0.259 e. The lowest BCUT2D eigenvalue weighted by Crippen LogP contribution is -2.24. The second kappa shape index (κ2) is 10.3. The number of likely N-dealkylation sites (N-methyl/N-ethyl adjacent to an activating group) is 1.